The monoisotopic (exact) mass is 455 g/mol. The first-order chi connectivity index (χ1) is 16.0. The number of carbonyl (C=O) groups is 2. The Morgan fingerprint density at radius 1 is 1.00 bits per heavy atom. The molecule has 3 N–H and O–H groups in total. The zero-order chi connectivity index (χ0) is 22.9. The number of pyridine rings is 1. The summed E-state index contributed by atoms with van der Waals surface area (Å²) in [6.07, 6.45) is 3.48. The quantitative estimate of drug-likeness (QED) is 0.342. The average molecular weight is 456 g/mol. The van der Waals surface area contributed by atoms with Gasteiger partial charge in [0.15, 0.2) is 5.82 Å². The number of thiophene rings is 1. The molecule has 33 heavy (non-hydrogen) atoms. The van der Waals surface area contributed by atoms with E-state index in [2.05, 4.69) is 20.9 Å². The highest BCUT2D eigenvalue weighted by molar-refractivity contribution is 7.17. The first-order valence-electron chi connectivity index (χ1n) is 10.4. The number of benzene rings is 2. The van der Waals surface area contributed by atoms with Crippen LogP contribution in [-0.4, -0.2) is 28.4 Å². The molecule has 0 aliphatic carbocycles. The molecule has 3 aromatic heterocycles. The number of rotatable bonds is 5. The van der Waals surface area contributed by atoms with Crippen LogP contribution in [0.3, 0.4) is 0 Å². The zero-order valence-electron chi connectivity index (χ0n) is 18.0. The van der Waals surface area contributed by atoms with Gasteiger partial charge < -0.3 is 20.5 Å². The molecule has 0 atom stereocenters. The van der Waals surface area contributed by atoms with Crippen molar-refractivity contribution in [3.8, 4) is 0 Å². The molecule has 164 valence electrons. The third-order valence-corrected chi connectivity index (χ3v) is 6.46. The van der Waals surface area contributed by atoms with Crippen molar-refractivity contribution in [1.29, 1.82) is 0 Å². The fraction of sp³-hybridized carbons (Fsp3) is 0.0800. The number of anilines is 3. The van der Waals surface area contributed by atoms with E-state index in [0.29, 0.717) is 22.6 Å². The van der Waals surface area contributed by atoms with E-state index in [-0.39, 0.29) is 11.8 Å². The summed E-state index contributed by atoms with van der Waals surface area (Å²) in [5.74, 6) is -0.0947. The van der Waals surface area contributed by atoms with Gasteiger partial charge in [-0.05, 0) is 24.3 Å². The molecular weight excluding hydrogens is 434 g/mol. The minimum Gasteiger partial charge on any atom is -0.355 e. The van der Waals surface area contributed by atoms with Crippen LogP contribution in [0.15, 0.2) is 72.4 Å². The normalized spacial score (nSPS) is 11.0. The molecule has 8 heteroatoms. The highest BCUT2D eigenvalue weighted by Gasteiger charge is 2.17. The van der Waals surface area contributed by atoms with Crippen LogP contribution in [0.2, 0.25) is 0 Å². The van der Waals surface area contributed by atoms with Gasteiger partial charge in [-0.1, -0.05) is 30.3 Å². The van der Waals surface area contributed by atoms with Crippen molar-refractivity contribution < 1.29 is 9.59 Å². The number of hydrogen-bond donors (Lipinski definition) is 3. The summed E-state index contributed by atoms with van der Waals surface area (Å²) in [6.45, 7) is 0. The Kier molecular flexibility index (Phi) is 5.27. The van der Waals surface area contributed by atoms with Crippen LogP contribution >= 0.6 is 11.3 Å². The van der Waals surface area contributed by atoms with Gasteiger partial charge in [-0.25, -0.2) is 4.98 Å². The molecule has 0 spiro atoms. The number of aromatic nitrogens is 2. The van der Waals surface area contributed by atoms with Gasteiger partial charge in [0.2, 0.25) is 0 Å². The lowest BCUT2D eigenvalue weighted by atomic mass is 10.1. The van der Waals surface area contributed by atoms with Crippen LogP contribution in [0, 0.1) is 0 Å². The Morgan fingerprint density at radius 2 is 1.85 bits per heavy atom. The highest BCUT2D eigenvalue weighted by Crippen LogP contribution is 2.31. The Labute approximate surface area is 194 Å². The summed E-state index contributed by atoms with van der Waals surface area (Å²) in [5.41, 5.74) is 3.21. The van der Waals surface area contributed by atoms with E-state index in [0.717, 1.165) is 26.7 Å². The molecule has 7 nitrogen and oxygen atoms in total. The van der Waals surface area contributed by atoms with Crippen LogP contribution < -0.4 is 16.0 Å². The lowest BCUT2D eigenvalue weighted by Gasteiger charge is -2.15. The number of nitrogens with one attached hydrogen (secondary N) is 3. The number of hydrogen-bond acceptors (Lipinski definition) is 5. The number of fused-ring (bicyclic) bond motifs is 2. The molecule has 0 bridgehead atoms. The van der Waals surface area contributed by atoms with Crippen LogP contribution in [0.4, 0.5) is 17.2 Å². The summed E-state index contributed by atoms with van der Waals surface area (Å²) >= 11 is 1.52. The molecular formula is C25H21N5O2S. The summed E-state index contributed by atoms with van der Waals surface area (Å²) in [5, 5.41) is 12.7. The second-order valence-electron chi connectivity index (χ2n) is 7.59. The summed E-state index contributed by atoms with van der Waals surface area (Å²) in [7, 11) is 3.53. The van der Waals surface area contributed by atoms with Gasteiger partial charge in [-0.2, -0.15) is 0 Å². The van der Waals surface area contributed by atoms with E-state index in [9.17, 15) is 9.59 Å². The Hall–Kier alpha value is -4.17. The van der Waals surface area contributed by atoms with E-state index >= 15 is 0 Å². The predicted octanol–water partition coefficient (Wildman–Crippen LogP) is 5.14. The lowest BCUT2D eigenvalue weighted by Crippen LogP contribution is -2.19. The van der Waals surface area contributed by atoms with Crippen LogP contribution in [0.5, 0.6) is 0 Å². The fourth-order valence-corrected chi connectivity index (χ4v) is 4.80. The number of amides is 2. The van der Waals surface area contributed by atoms with E-state index < -0.39 is 0 Å². The van der Waals surface area contributed by atoms with Crippen molar-refractivity contribution in [3.05, 3.63) is 83.5 Å². The molecule has 0 unspecified atom stereocenters. The molecule has 0 aliphatic rings. The molecule has 2 aromatic carbocycles. The van der Waals surface area contributed by atoms with E-state index in [4.69, 9.17) is 0 Å². The van der Waals surface area contributed by atoms with Crippen LogP contribution in [0.1, 0.15) is 20.7 Å². The zero-order valence-corrected chi connectivity index (χ0v) is 18.9. The largest absolute Gasteiger partial charge is 0.355 e. The predicted molar refractivity (Wildman–Crippen MR) is 134 cm³/mol. The molecule has 0 saturated heterocycles. The summed E-state index contributed by atoms with van der Waals surface area (Å²) in [6, 6.07) is 17.4. The Balaban J connectivity index is 1.55. The number of carbonyl (C=O) groups excluding carboxylic acids is 2. The molecule has 5 rings (SSSR count). The third-order valence-electron chi connectivity index (χ3n) is 5.50. The van der Waals surface area contributed by atoms with Crippen LogP contribution in [0.25, 0.3) is 21.0 Å². The van der Waals surface area contributed by atoms with Crippen molar-refractivity contribution in [2.45, 2.75) is 0 Å². The van der Waals surface area contributed by atoms with Gasteiger partial charge >= 0.3 is 0 Å². The van der Waals surface area contributed by atoms with Crippen molar-refractivity contribution in [3.63, 3.8) is 0 Å². The van der Waals surface area contributed by atoms with Gasteiger partial charge in [-0.3, -0.25) is 9.59 Å². The lowest BCUT2D eigenvalue weighted by molar-refractivity contribution is 0.0961. The van der Waals surface area contributed by atoms with Gasteiger partial charge in [0.1, 0.15) is 0 Å². The molecule has 5 aromatic rings. The summed E-state index contributed by atoms with van der Waals surface area (Å²) < 4.78 is 3.06. The fourth-order valence-electron chi connectivity index (χ4n) is 3.86. The Morgan fingerprint density at radius 3 is 2.70 bits per heavy atom. The number of para-hydroxylation sites is 1. The maximum absolute atomic E-state index is 13.2. The van der Waals surface area contributed by atoms with Crippen molar-refractivity contribution in [2.24, 2.45) is 7.05 Å². The third kappa shape index (κ3) is 3.81. The maximum Gasteiger partial charge on any atom is 0.257 e. The molecule has 0 radical (unpaired) electrons. The van der Waals surface area contributed by atoms with Crippen molar-refractivity contribution >= 4 is 61.3 Å². The molecule has 0 fully saturated rings. The average Bonchev–Trinajstić information content (AvgIpc) is 3.44. The first-order valence-corrected chi connectivity index (χ1v) is 11.2. The van der Waals surface area contributed by atoms with E-state index in [1.165, 1.54) is 17.5 Å². The second-order valence-corrected chi connectivity index (χ2v) is 8.51. The minimum absolute atomic E-state index is 0.261. The maximum atomic E-state index is 13.2. The highest BCUT2D eigenvalue weighted by atomic mass is 32.1. The van der Waals surface area contributed by atoms with Gasteiger partial charge in [-0.15, -0.1) is 11.3 Å². The molecule has 3 heterocycles. The topological polar surface area (TPSA) is 88.1 Å². The number of nitrogens with zero attached hydrogens (tertiary/aromatic N) is 2. The van der Waals surface area contributed by atoms with Crippen molar-refractivity contribution in [1.82, 2.24) is 14.9 Å². The van der Waals surface area contributed by atoms with Crippen LogP contribution in [-0.2, 0) is 7.05 Å². The van der Waals surface area contributed by atoms with E-state index in [1.54, 1.807) is 13.1 Å². The molecule has 0 saturated carbocycles. The smallest absolute Gasteiger partial charge is 0.257 e. The molecule has 0 aliphatic heterocycles. The van der Waals surface area contributed by atoms with Crippen molar-refractivity contribution in [2.75, 3.05) is 17.7 Å². The van der Waals surface area contributed by atoms with Gasteiger partial charge in [0.05, 0.1) is 28.0 Å². The van der Waals surface area contributed by atoms with Gasteiger partial charge in [0, 0.05) is 47.3 Å². The number of aryl methyl sites for hydroxylation is 1. The first kappa shape index (κ1) is 20.7. The minimum atomic E-state index is -0.282. The SMILES string of the molecule is CNC(=O)c1cnc(Nc2cccc3ccn(C)c23)c(NC(=O)c2csc3ccccc23)c1. The van der Waals surface area contributed by atoms with E-state index in [1.807, 2.05) is 71.7 Å². The standard InChI is InChI=1S/C25H21N5O2S/c1-26-24(31)16-12-20(29-25(32)18-14-33-21-9-4-3-7-17(18)21)23(27-13-16)28-19-8-5-6-15-10-11-30(2)22(15)19/h3-14H,1-2H3,(H,26,31)(H,27,28)(H,29,32). The summed E-state index contributed by atoms with van der Waals surface area (Å²) in [4.78, 5) is 29.9. The van der Waals surface area contributed by atoms with Gasteiger partial charge in [0.25, 0.3) is 11.8 Å². The molecule has 2 amide bonds. The Bertz CT molecular complexity index is 1520. The second kappa shape index (κ2) is 8.40.